The molecule has 0 unspecified atom stereocenters. The molecule has 1 fully saturated rings. The summed E-state index contributed by atoms with van der Waals surface area (Å²) >= 11 is 1.55. The van der Waals surface area contributed by atoms with E-state index in [9.17, 15) is 9.59 Å². The Hall–Kier alpha value is -1.40. The minimum absolute atomic E-state index is 0.0629. The highest BCUT2D eigenvalue weighted by molar-refractivity contribution is 7.10. The lowest BCUT2D eigenvalue weighted by molar-refractivity contribution is -0.139. The Labute approximate surface area is 122 Å². The fraction of sp³-hybridized carbons (Fsp3) is 0.571. The minimum atomic E-state index is -0.241. The molecule has 6 heteroatoms. The maximum absolute atomic E-state index is 12.4. The summed E-state index contributed by atoms with van der Waals surface area (Å²) in [5, 5.41) is 4.81. The summed E-state index contributed by atoms with van der Waals surface area (Å²) in [7, 11) is 0. The molecule has 0 saturated carbocycles. The number of thiophene rings is 1. The number of rotatable bonds is 4. The Bertz CT molecular complexity index is 461. The molecule has 0 spiro atoms. The van der Waals surface area contributed by atoms with Gasteiger partial charge in [0, 0.05) is 18.3 Å². The van der Waals surface area contributed by atoms with E-state index in [-0.39, 0.29) is 23.9 Å². The van der Waals surface area contributed by atoms with E-state index in [1.165, 1.54) is 6.92 Å². The van der Waals surface area contributed by atoms with Gasteiger partial charge in [0.15, 0.2) is 0 Å². The summed E-state index contributed by atoms with van der Waals surface area (Å²) < 4.78 is 5.34. The van der Waals surface area contributed by atoms with E-state index in [0.717, 1.165) is 4.88 Å². The van der Waals surface area contributed by atoms with Crippen LogP contribution in [0.1, 0.15) is 31.2 Å². The molecule has 1 aromatic rings. The molecular formula is C14H20N2O3S. The van der Waals surface area contributed by atoms with Crippen molar-refractivity contribution in [2.75, 3.05) is 19.8 Å². The predicted molar refractivity (Wildman–Crippen MR) is 77.5 cm³/mol. The molecule has 1 aliphatic heterocycles. The van der Waals surface area contributed by atoms with E-state index >= 15 is 0 Å². The van der Waals surface area contributed by atoms with Crippen molar-refractivity contribution in [1.82, 2.24) is 10.2 Å². The predicted octanol–water partition coefficient (Wildman–Crippen LogP) is 1.56. The molecular weight excluding hydrogens is 276 g/mol. The molecule has 1 saturated heterocycles. The van der Waals surface area contributed by atoms with Crippen LogP contribution in [0.15, 0.2) is 17.5 Å². The van der Waals surface area contributed by atoms with Gasteiger partial charge in [0.2, 0.25) is 11.8 Å². The molecule has 2 amide bonds. The third-order valence-electron chi connectivity index (χ3n) is 3.33. The van der Waals surface area contributed by atoms with Crippen molar-refractivity contribution in [1.29, 1.82) is 0 Å². The molecule has 1 N–H and O–H groups in total. The number of carbonyl (C=O) groups excluding carboxylic acids is 2. The second-order valence-electron chi connectivity index (χ2n) is 4.98. The molecule has 0 bridgehead atoms. The second-order valence-corrected chi connectivity index (χ2v) is 5.96. The maximum Gasteiger partial charge on any atom is 0.225 e. The number of morpholine rings is 1. The normalized spacial score (nSPS) is 20.5. The molecule has 0 aromatic carbocycles. The quantitative estimate of drug-likeness (QED) is 0.917. The van der Waals surface area contributed by atoms with Gasteiger partial charge in [-0.15, -0.1) is 11.3 Å². The van der Waals surface area contributed by atoms with Gasteiger partial charge in [-0.1, -0.05) is 6.07 Å². The van der Waals surface area contributed by atoms with Crippen LogP contribution < -0.4 is 5.32 Å². The van der Waals surface area contributed by atoms with E-state index < -0.39 is 0 Å². The molecule has 1 aliphatic rings. The third kappa shape index (κ3) is 3.80. The maximum atomic E-state index is 12.4. The summed E-state index contributed by atoms with van der Waals surface area (Å²) in [6, 6.07) is 3.73. The van der Waals surface area contributed by atoms with E-state index in [1.54, 1.807) is 11.3 Å². The Kier molecular flexibility index (Phi) is 5.14. The molecule has 2 heterocycles. The topological polar surface area (TPSA) is 58.6 Å². The lowest BCUT2D eigenvalue weighted by atomic mass is 10.1. The summed E-state index contributed by atoms with van der Waals surface area (Å²) in [6.07, 6.45) is 0.296. The fourth-order valence-electron chi connectivity index (χ4n) is 2.35. The average Bonchev–Trinajstić information content (AvgIpc) is 2.91. The summed E-state index contributed by atoms with van der Waals surface area (Å²) in [5.74, 6) is -0.0563. The summed E-state index contributed by atoms with van der Waals surface area (Å²) in [5.41, 5.74) is 0. The first-order valence-corrected chi connectivity index (χ1v) is 7.63. The van der Waals surface area contributed by atoms with Crippen LogP contribution in [0.3, 0.4) is 0 Å². The van der Waals surface area contributed by atoms with Crippen LogP contribution in [0.5, 0.6) is 0 Å². The monoisotopic (exact) mass is 296 g/mol. The molecule has 0 aliphatic carbocycles. The number of hydrogen-bond acceptors (Lipinski definition) is 4. The van der Waals surface area contributed by atoms with Crippen molar-refractivity contribution in [3.63, 3.8) is 0 Å². The van der Waals surface area contributed by atoms with Crippen LogP contribution in [-0.2, 0) is 14.3 Å². The molecule has 1 aromatic heterocycles. The number of nitrogens with one attached hydrogen (secondary N) is 1. The van der Waals surface area contributed by atoms with Gasteiger partial charge in [0.1, 0.15) is 0 Å². The Morgan fingerprint density at radius 2 is 2.40 bits per heavy atom. The van der Waals surface area contributed by atoms with Gasteiger partial charge >= 0.3 is 0 Å². The van der Waals surface area contributed by atoms with Crippen LogP contribution in [0.2, 0.25) is 0 Å². The van der Waals surface area contributed by atoms with Crippen LogP contribution in [-0.4, -0.2) is 42.5 Å². The SMILES string of the molecule is CC(=O)N[C@@H](CC(=O)N1CCOC[C@H]1C)c1cccs1. The van der Waals surface area contributed by atoms with Gasteiger partial charge in [-0.25, -0.2) is 0 Å². The van der Waals surface area contributed by atoms with Gasteiger partial charge in [0.05, 0.1) is 31.7 Å². The number of amides is 2. The second kappa shape index (κ2) is 6.85. The fourth-order valence-corrected chi connectivity index (χ4v) is 3.13. The highest BCUT2D eigenvalue weighted by atomic mass is 32.1. The molecule has 5 nitrogen and oxygen atoms in total. The average molecular weight is 296 g/mol. The van der Waals surface area contributed by atoms with Crippen LogP contribution in [0.4, 0.5) is 0 Å². The van der Waals surface area contributed by atoms with Crippen molar-refractivity contribution < 1.29 is 14.3 Å². The molecule has 110 valence electrons. The van der Waals surface area contributed by atoms with Gasteiger partial charge in [0.25, 0.3) is 0 Å². The molecule has 0 radical (unpaired) electrons. The summed E-state index contributed by atoms with van der Waals surface area (Å²) in [4.78, 5) is 26.6. The van der Waals surface area contributed by atoms with Crippen molar-refractivity contribution in [2.45, 2.75) is 32.4 Å². The number of ether oxygens (including phenoxy) is 1. The van der Waals surface area contributed by atoms with Crippen LogP contribution >= 0.6 is 11.3 Å². The van der Waals surface area contributed by atoms with Gasteiger partial charge < -0.3 is 15.0 Å². The van der Waals surface area contributed by atoms with Crippen molar-refractivity contribution in [3.8, 4) is 0 Å². The lowest BCUT2D eigenvalue weighted by Crippen LogP contribution is -2.48. The van der Waals surface area contributed by atoms with E-state index in [0.29, 0.717) is 26.2 Å². The first-order chi connectivity index (χ1) is 9.58. The standard InChI is InChI=1S/C14H20N2O3S/c1-10-9-19-6-5-16(10)14(18)8-12(15-11(2)17)13-4-3-7-20-13/h3-4,7,10,12H,5-6,8-9H2,1-2H3,(H,15,17)/t10-,12+/m1/s1. The molecule has 20 heavy (non-hydrogen) atoms. The highest BCUT2D eigenvalue weighted by Gasteiger charge is 2.27. The zero-order valence-electron chi connectivity index (χ0n) is 11.8. The van der Waals surface area contributed by atoms with E-state index in [4.69, 9.17) is 4.74 Å². The number of hydrogen-bond donors (Lipinski definition) is 1. The van der Waals surface area contributed by atoms with E-state index in [1.807, 2.05) is 29.3 Å². The lowest BCUT2D eigenvalue weighted by Gasteiger charge is -2.34. The summed E-state index contributed by atoms with van der Waals surface area (Å²) in [6.45, 7) is 5.24. The largest absolute Gasteiger partial charge is 0.377 e. The van der Waals surface area contributed by atoms with E-state index in [2.05, 4.69) is 5.32 Å². The first kappa shape index (κ1) is 15.0. The highest BCUT2D eigenvalue weighted by Crippen LogP contribution is 2.23. The first-order valence-electron chi connectivity index (χ1n) is 6.75. The zero-order chi connectivity index (χ0) is 14.5. The Balaban J connectivity index is 2.03. The van der Waals surface area contributed by atoms with Crippen molar-refractivity contribution in [2.24, 2.45) is 0 Å². The van der Waals surface area contributed by atoms with Crippen LogP contribution in [0, 0.1) is 0 Å². The smallest absolute Gasteiger partial charge is 0.225 e. The molecule has 2 rings (SSSR count). The zero-order valence-corrected chi connectivity index (χ0v) is 12.6. The van der Waals surface area contributed by atoms with Crippen molar-refractivity contribution in [3.05, 3.63) is 22.4 Å². The Morgan fingerprint density at radius 1 is 1.60 bits per heavy atom. The molecule has 2 atom stereocenters. The van der Waals surface area contributed by atoms with Gasteiger partial charge in [-0.05, 0) is 18.4 Å². The van der Waals surface area contributed by atoms with Crippen molar-refractivity contribution >= 4 is 23.2 Å². The van der Waals surface area contributed by atoms with Gasteiger partial charge in [-0.3, -0.25) is 9.59 Å². The Morgan fingerprint density at radius 3 is 3.00 bits per heavy atom. The van der Waals surface area contributed by atoms with Crippen LogP contribution in [0.25, 0.3) is 0 Å². The third-order valence-corrected chi connectivity index (χ3v) is 4.32. The number of carbonyl (C=O) groups is 2. The van der Waals surface area contributed by atoms with Gasteiger partial charge in [-0.2, -0.15) is 0 Å². The number of nitrogens with zero attached hydrogens (tertiary/aromatic N) is 1. The minimum Gasteiger partial charge on any atom is -0.377 e.